The van der Waals surface area contributed by atoms with E-state index in [1.165, 1.54) is 7.11 Å². The van der Waals surface area contributed by atoms with Gasteiger partial charge >= 0.3 is 5.97 Å². The van der Waals surface area contributed by atoms with Crippen LogP contribution < -0.4 is 0 Å². The van der Waals surface area contributed by atoms with E-state index in [-0.39, 0.29) is 30.7 Å². The van der Waals surface area contributed by atoms with Crippen LogP contribution in [0.3, 0.4) is 0 Å². The number of rotatable bonds is 6. The molecule has 0 aromatic heterocycles. The second kappa shape index (κ2) is 6.34. The molecule has 0 spiro atoms. The van der Waals surface area contributed by atoms with E-state index in [2.05, 4.69) is 13.8 Å². The second-order valence-electron chi connectivity index (χ2n) is 7.77. The van der Waals surface area contributed by atoms with Gasteiger partial charge in [0, 0.05) is 11.8 Å². The zero-order valence-corrected chi connectivity index (χ0v) is 14.7. The molecule has 0 saturated carbocycles. The number of hydrogen-bond donors (Lipinski definition) is 1. The van der Waals surface area contributed by atoms with Crippen LogP contribution in [0.4, 0.5) is 0 Å². The summed E-state index contributed by atoms with van der Waals surface area (Å²) < 4.78 is 17.2. The molecule has 3 rings (SSSR count). The van der Waals surface area contributed by atoms with Gasteiger partial charge in [0.05, 0.1) is 43.5 Å². The highest BCUT2D eigenvalue weighted by molar-refractivity contribution is 5.70. The van der Waals surface area contributed by atoms with Crippen LogP contribution in [0, 0.1) is 17.8 Å². The normalized spacial score (nSPS) is 44.1. The van der Waals surface area contributed by atoms with Crippen LogP contribution in [-0.2, 0) is 19.0 Å². The van der Waals surface area contributed by atoms with E-state index in [1.807, 2.05) is 0 Å². The van der Waals surface area contributed by atoms with Crippen LogP contribution in [0.25, 0.3) is 0 Å². The lowest BCUT2D eigenvalue weighted by Crippen LogP contribution is -2.41. The molecule has 1 N–H and O–H groups in total. The molecule has 3 aliphatic heterocycles. The van der Waals surface area contributed by atoms with E-state index in [1.54, 1.807) is 6.92 Å². The number of hydrogen-bond acceptors (Lipinski definition) is 5. The van der Waals surface area contributed by atoms with Crippen LogP contribution in [0.5, 0.6) is 0 Å². The number of carbonyl (C=O) groups excluding carboxylic acids is 1. The van der Waals surface area contributed by atoms with E-state index in [4.69, 9.17) is 14.2 Å². The topological polar surface area (TPSA) is 65.0 Å². The summed E-state index contributed by atoms with van der Waals surface area (Å²) in [6, 6.07) is 0. The maximum Gasteiger partial charge on any atom is 0.308 e. The first-order chi connectivity index (χ1) is 10.9. The Balaban J connectivity index is 1.68. The first-order valence-corrected chi connectivity index (χ1v) is 9.00. The van der Waals surface area contributed by atoms with Gasteiger partial charge in [0.2, 0.25) is 0 Å². The van der Waals surface area contributed by atoms with E-state index in [0.717, 1.165) is 19.3 Å². The van der Waals surface area contributed by atoms with Crippen LogP contribution in [0.1, 0.15) is 52.9 Å². The molecule has 8 unspecified atom stereocenters. The first-order valence-electron chi connectivity index (χ1n) is 9.00. The van der Waals surface area contributed by atoms with Crippen molar-refractivity contribution in [2.75, 3.05) is 7.11 Å². The van der Waals surface area contributed by atoms with Gasteiger partial charge in [0.15, 0.2) is 0 Å². The maximum absolute atomic E-state index is 11.5. The molecule has 3 aliphatic rings. The molecule has 23 heavy (non-hydrogen) atoms. The van der Waals surface area contributed by atoms with Crippen LogP contribution in [0.2, 0.25) is 0 Å². The molecule has 0 aromatic rings. The van der Waals surface area contributed by atoms with E-state index in [9.17, 15) is 9.90 Å². The average molecular weight is 326 g/mol. The SMILES string of the molecule is CCC1OC(CC)C2C3OC(CC3CC(C)(O)CC(=O)OC)C12. The fraction of sp³-hybridized carbons (Fsp3) is 0.944. The number of methoxy groups -OCH3 is 1. The minimum absolute atomic E-state index is 0.0385. The van der Waals surface area contributed by atoms with Crippen molar-refractivity contribution in [1.82, 2.24) is 0 Å². The number of carbonyl (C=O) groups is 1. The van der Waals surface area contributed by atoms with Gasteiger partial charge < -0.3 is 19.3 Å². The minimum atomic E-state index is -1.04. The van der Waals surface area contributed by atoms with Crippen molar-refractivity contribution in [3.8, 4) is 0 Å². The van der Waals surface area contributed by atoms with Crippen LogP contribution in [-0.4, -0.2) is 48.2 Å². The van der Waals surface area contributed by atoms with Crippen LogP contribution >= 0.6 is 0 Å². The summed E-state index contributed by atoms with van der Waals surface area (Å²) >= 11 is 0. The number of esters is 1. The van der Waals surface area contributed by atoms with Gasteiger partial charge in [-0.05, 0) is 38.5 Å². The lowest BCUT2D eigenvalue weighted by atomic mass is 9.68. The first kappa shape index (κ1) is 17.2. The summed E-state index contributed by atoms with van der Waals surface area (Å²) in [4.78, 5) is 11.5. The lowest BCUT2D eigenvalue weighted by molar-refractivity contribution is -0.146. The van der Waals surface area contributed by atoms with Crippen LogP contribution in [0.15, 0.2) is 0 Å². The molecule has 0 aliphatic carbocycles. The molecule has 0 radical (unpaired) electrons. The summed E-state index contributed by atoms with van der Waals surface area (Å²) in [6.45, 7) is 6.09. The third kappa shape index (κ3) is 3.03. The van der Waals surface area contributed by atoms with Crippen molar-refractivity contribution < 1.29 is 24.1 Å². The highest BCUT2D eigenvalue weighted by atomic mass is 16.5. The molecule has 3 saturated heterocycles. The average Bonchev–Trinajstić information content (AvgIpc) is 3.15. The maximum atomic E-state index is 11.5. The molecule has 3 heterocycles. The second-order valence-corrected chi connectivity index (χ2v) is 7.77. The summed E-state index contributed by atoms with van der Waals surface area (Å²) in [5.74, 6) is 0.896. The van der Waals surface area contributed by atoms with Crippen molar-refractivity contribution in [3.05, 3.63) is 0 Å². The molecule has 0 amide bonds. The molecule has 0 aromatic carbocycles. The summed E-state index contributed by atoms with van der Waals surface area (Å²) in [5.41, 5.74) is -1.04. The molecular weight excluding hydrogens is 296 g/mol. The summed E-state index contributed by atoms with van der Waals surface area (Å²) in [7, 11) is 1.36. The minimum Gasteiger partial charge on any atom is -0.469 e. The third-order valence-electron chi connectivity index (χ3n) is 6.05. The van der Waals surface area contributed by atoms with Crippen molar-refractivity contribution in [1.29, 1.82) is 0 Å². The Kier molecular flexibility index (Phi) is 4.73. The molecule has 5 nitrogen and oxygen atoms in total. The van der Waals surface area contributed by atoms with E-state index in [0.29, 0.717) is 30.3 Å². The Bertz CT molecular complexity index is 449. The Morgan fingerprint density at radius 3 is 2.48 bits per heavy atom. The van der Waals surface area contributed by atoms with Crippen molar-refractivity contribution >= 4 is 5.97 Å². The zero-order valence-electron chi connectivity index (χ0n) is 14.7. The lowest BCUT2D eigenvalue weighted by Gasteiger charge is -2.34. The Hall–Kier alpha value is -0.650. The summed E-state index contributed by atoms with van der Waals surface area (Å²) in [5, 5.41) is 10.6. The monoisotopic (exact) mass is 326 g/mol. The number of ether oxygens (including phenoxy) is 3. The van der Waals surface area contributed by atoms with Gasteiger partial charge in [-0.3, -0.25) is 4.79 Å². The van der Waals surface area contributed by atoms with E-state index < -0.39 is 5.60 Å². The van der Waals surface area contributed by atoms with Gasteiger partial charge in [0.1, 0.15) is 0 Å². The molecule has 132 valence electrons. The molecule has 3 fully saturated rings. The smallest absolute Gasteiger partial charge is 0.308 e. The molecule has 2 bridgehead atoms. The zero-order chi connectivity index (χ0) is 16.8. The standard InChI is InChI=1S/C18H30O5/c1-5-11-15-13-7-10(8-18(3,20)9-14(19)21-4)17(23-13)16(15)12(6-2)22-11/h10-13,15-17,20H,5-9H2,1-4H3. The van der Waals surface area contributed by atoms with Crippen molar-refractivity contribution in [2.45, 2.75) is 82.9 Å². The van der Waals surface area contributed by atoms with Gasteiger partial charge in [-0.25, -0.2) is 0 Å². The van der Waals surface area contributed by atoms with Gasteiger partial charge in [-0.15, -0.1) is 0 Å². The molecule has 8 atom stereocenters. The number of fused-ring (bicyclic) bond motifs is 5. The predicted molar refractivity (Wildman–Crippen MR) is 84.9 cm³/mol. The van der Waals surface area contributed by atoms with Gasteiger partial charge in [-0.2, -0.15) is 0 Å². The van der Waals surface area contributed by atoms with E-state index >= 15 is 0 Å². The molecular formula is C18H30O5. The fourth-order valence-electron chi connectivity index (χ4n) is 5.23. The largest absolute Gasteiger partial charge is 0.469 e. The summed E-state index contributed by atoms with van der Waals surface area (Å²) in [6.07, 6.45) is 4.64. The van der Waals surface area contributed by atoms with Crippen molar-refractivity contribution in [3.63, 3.8) is 0 Å². The highest BCUT2D eigenvalue weighted by Crippen LogP contribution is 2.56. The number of aliphatic hydroxyl groups is 1. The van der Waals surface area contributed by atoms with Gasteiger partial charge in [-0.1, -0.05) is 13.8 Å². The highest BCUT2D eigenvalue weighted by Gasteiger charge is 2.62. The Morgan fingerprint density at radius 2 is 1.87 bits per heavy atom. The Morgan fingerprint density at radius 1 is 1.22 bits per heavy atom. The van der Waals surface area contributed by atoms with Gasteiger partial charge in [0.25, 0.3) is 0 Å². The van der Waals surface area contributed by atoms with Crippen molar-refractivity contribution in [2.24, 2.45) is 17.8 Å². The predicted octanol–water partition coefficient (Wildman–Crippen LogP) is 2.30. The Labute approximate surface area is 138 Å². The third-order valence-corrected chi connectivity index (χ3v) is 6.05. The fourth-order valence-corrected chi connectivity index (χ4v) is 5.23. The quantitative estimate of drug-likeness (QED) is 0.759. The molecule has 5 heteroatoms.